The van der Waals surface area contributed by atoms with Crippen LogP contribution in [0.1, 0.15) is 38.4 Å². The van der Waals surface area contributed by atoms with Crippen molar-refractivity contribution in [1.82, 2.24) is 4.98 Å². The summed E-state index contributed by atoms with van der Waals surface area (Å²) < 4.78 is 0. The number of nitrogens with one attached hydrogen (secondary N) is 1. The Morgan fingerprint density at radius 2 is 1.78 bits per heavy atom. The van der Waals surface area contributed by atoms with Gasteiger partial charge in [-0.05, 0) is 34.2 Å². The first-order valence-corrected chi connectivity index (χ1v) is 8.20. The summed E-state index contributed by atoms with van der Waals surface area (Å²) in [5, 5.41) is 47.6. The molecule has 2 rings (SSSR count). The molecule has 6 N–H and O–H groups in total. The van der Waals surface area contributed by atoms with Gasteiger partial charge < -0.3 is 30.5 Å². The fourth-order valence-electron chi connectivity index (χ4n) is 3.13. The van der Waals surface area contributed by atoms with Gasteiger partial charge in [-0.15, -0.1) is 6.58 Å². The molecular weight excluding hydrogens is 352 g/mol. The summed E-state index contributed by atoms with van der Waals surface area (Å²) in [5.41, 5.74) is 2.93. The third-order valence-electron chi connectivity index (χ3n) is 4.28. The number of aromatic nitrogens is 1. The predicted octanol–water partition coefficient (Wildman–Crippen LogP) is 0.954. The number of rotatable bonds is 9. The number of benzene rings is 1. The molecule has 27 heavy (non-hydrogen) atoms. The van der Waals surface area contributed by atoms with Gasteiger partial charge in [0.1, 0.15) is 12.4 Å². The van der Waals surface area contributed by atoms with Crippen LogP contribution in [0.25, 0.3) is 11.1 Å². The topological polar surface area (TPSA) is 146 Å². The van der Waals surface area contributed by atoms with Crippen LogP contribution in [0.2, 0.25) is 0 Å². The summed E-state index contributed by atoms with van der Waals surface area (Å²) in [4.78, 5) is 18.2. The van der Waals surface area contributed by atoms with E-state index in [-0.39, 0.29) is 18.7 Å². The fraction of sp³-hybridized carbons (Fsp3) is 0.263. The van der Waals surface area contributed by atoms with Crippen molar-refractivity contribution in [3.8, 4) is 11.1 Å². The van der Waals surface area contributed by atoms with E-state index in [0.29, 0.717) is 39.1 Å². The van der Waals surface area contributed by atoms with Crippen LogP contribution in [0.15, 0.2) is 29.8 Å². The van der Waals surface area contributed by atoms with Crippen molar-refractivity contribution < 1.29 is 30.3 Å². The maximum Gasteiger partial charge on any atom is 0.352 e. The lowest BCUT2D eigenvalue weighted by atomic mass is 9.89. The molecule has 2 aromatic rings. The van der Waals surface area contributed by atoms with E-state index in [1.807, 2.05) is 0 Å². The van der Waals surface area contributed by atoms with Crippen molar-refractivity contribution in [3.05, 3.63) is 58.4 Å². The second kappa shape index (κ2) is 9.24. The van der Waals surface area contributed by atoms with Crippen molar-refractivity contribution in [3.63, 3.8) is 0 Å². The molecule has 0 saturated heterocycles. The zero-order valence-corrected chi connectivity index (χ0v) is 14.6. The Morgan fingerprint density at radius 3 is 2.30 bits per heavy atom. The average Bonchev–Trinajstić information content (AvgIpc) is 3.03. The largest absolute Gasteiger partial charge is 0.477 e. The minimum absolute atomic E-state index is 0.0510. The van der Waals surface area contributed by atoms with Crippen LogP contribution in [0.4, 0.5) is 0 Å². The molecule has 0 amide bonds. The molecular formula is C19H22N2O6. The van der Waals surface area contributed by atoms with Gasteiger partial charge in [-0.25, -0.2) is 4.79 Å². The van der Waals surface area contributed by atoms with E-state index in [1.165, 1.54) is 6.21 Å². The van der Waals surface area contributed by atoms with Gasteiger partial charge in [0.05, 0.1) is 25.5 Å². The third-order valence-corrected chi connectivity index (χ3v) is 4.28. The Morgan fingerprint density at radius 1 is 1.07 bits per heavy atom. The number of carboxylic acid groups (broad SMARTS) is 1. The molecule has 0 atom stereocenters. The Kier molecular flexibility index (Phi) is 7.03. The molecule has 0 fully saturated rings. The number of aromatic carboxylic acids is 1. The van der Waals surface area contributed by atoms with Crippen molar-refractivity contribution in [2.45, 2.75) is 26.2 Å². The van der Waals surface area contributed by atoms with Crippen molar-refractivity contribution in [1.29, 1.82) is 0 Å². The van der Waals surface area contributed by atoms with Crippen LogP contribution < -0.4 is 0 Å². The molecule has 1 heterocycles. The van der Waals surface area contributed by atoms with Gasteiger partial charge >= 0.3 is 5.97 Å². The molecule has 144 valence electrons. The molecule has 0 unspecified atom stereocenters. The van der Waals surface area contributed by atoms with Gasteiger partial charge in [-0.3, -0.25) is 4.99 Å². The standard InChI is InChI=1S/C19H22N2O6/c1-2-3-13-17(16(6-20-10-25)21-18(13)19(26)27)12-5-4-11(7-22)14(8-23)15(12)9-24/h2,4-6,21-25H,1,3,7-10H2,(H,26,27). The number of carboxylic acids is 1. The molecule has 0 aliphatic rings. The van der Waals surface area contributed by atoms with Crippen LogP contribution in [0, 0.1) is 0 Å². The van der Waals surface area contributed by atoms with Crippen LogP contribution in [0.3, 0.4) is 0 Å². The second-order valence-corrected chi connectivity index (χ2v) is 5.72. The fourth-order valence-corrected chi connectivity index (χ4v) is 3.13. The van der Waals surface area contributed by atoms with Gasteiger partial charge in [0.25, 0.3) is 0 Å². The van der Waals surface area contributed by atoms with Gasteiger partial charge in [-0.1, -0.05) is 18.2 Å². The number of hydrogen-bond acceptors (Lipinski definition) is 6. The molecule has 0 aliphatic heterocycles. The Bertz CT molecular complexity index is 870. The monoisotopic (exact) mass is 374 g/mol. The number of aliphatic imine (C=N–C) groups is 1. The van der Waals surface area contributed by atoms with E-state index < -0.39 is 25.9 Å². The van der Waals surface area contributed by atoms with Gasteiger partial charge in [-0.2, -0.15) is 0 Å². The van der Waals surface area contributed by atoms with Crippen molar-refractivity contribution in [2.24, 2.45) is 4.99 Å². The molecule has 0 bridgehead atoms. The first-order valence-electron chi connectivity index (χ1n) is 8.20. The Hall–Kier alpha value is -2.78. The molecule has 1 aromatic heterocycles. The first-order chi connectivity index (χ1) is 13.0. The summed E-state index contributed by atoms with van der Waals surface area (Å²) in [6, 6.07) is 3.26. The Labute approximate surface area is 155 Å². The van der Waals surface area contributed by atoms with E-state index in [1.54, 1.807) is 18.2 Å². The number of carbonyl (C=O) groups is 1. The first kappa shape index (κ1) is 20.5. The summed E-state index contributed by atoms with van der Waals surface area (Å²) in [7, 11) is 0. The smallest absolute Gasteiger partial charge is 0.352 e. The molecule has 0 saturated carbocycles. The van der Waals surface area contributed by atoms with E-state index in [2.05, 4.69) is 16.6 Å². The number of H-pyrrole nitrogens is 1. The second-order valence-electron chi connectivity index (χ2n) is 5.72. The number of nitrogens with zero attached hydrogens (tertiary/aromatic N) is 1. The lowest BCUT2D eigenvalue weighted by Crippen LogP contribution is -2.05. The molecule has 0 spiro atoms. The SMILES string of the molecule is C=CCc1c(C(=O)O)[nH]c(C=NCO)c1-c1ccc(CO)c(CO)c1CO. The van der Waals surface area contributed by atoms with Crippen LogP contribution in [0.5, 0.6) is 0 Å². The van der Waals surface area contributed by atoms with Crippen LogP contribution in [-0.4, -0.2) is 49.4 Å². The van der Waals surface area contributed by atoms with Gasteiger partial charge in [0.15, 0.2) is 0 Å². The van der Waals surface area contributed by atoms with E-state index in [0.717, 1.165) is 0 Å². The van der Waals surface area contributed by atoms with E-state index >= 15 is 0 Å². The highest BCUT2D eigenvalue weighted by atomic mass is 16.4. The average molecular weight is 374 g/mol. The lowest BCUT2D eigenvalue weighted by Gasteiger charge is -2.16. The lowest BCUT2D eigenvalue weighted by molar-refractivity contribution is 0.0690. The number of aliphatic hydroxyl groups is 4. The minimum atomic E-state index is -1.17. The molecule has 8 heteroatoms. The third kappa shape index (κ3) is 3.99. The summed E-state index contributed by atoms with van der Waals surface area (Å²) in [6.45, 7) is 2.06. The highest BCUT2D eigenvalue weighted by Crippen LogP contribution is 2.36. The summed E-state index contributed by atoms with van der Waals surface area (Å²) in [5.74, 6) is -1.17. The summed E-state index contributed by atoms with van der Waals surface area (Å²) in [6.07, 6.45) is 3.11. The van der Waals surface area contributed by atoms with E-state index in [9.17, 15) is 25.2 Å². The quantitative estimate of drug-likeness (QED) is 0.285. The van der Waals surface area contributed by atoms with Crippen molar-refractivity contribution >= 4 is 12.2 Å². The van der Waals surface area contributed by atoms with E-state index in [4.69, 9.17) is 5.11 Å². The van der Waals surface area contributed by atoms with Crippen molar-refractivity contribution in [2.75, 3.05) is 6.73 Å². The molecule has 0 radical (unpaired) electrons. The van der Waals surface area contributed by atoms with Crippen LogP contribution >= 0.6 is 0 Å². The molecule has 0 aliphatic carbocycles. The summed E-state index contributed by atoms with van der Waals surface area (Å²) >= 11 is 0. The number of aliphatic hydroxyl groups excluding tert-OH is 4. The normalized spacial score (nSPS) is 11.3. The number of allylic oxidation sites excluding steroid dienone is 1. The maximum absolute atomic E-state index is 11.7. The molecule has 8 nitrogen and oxygen atoms in total. The highest BCUT2D eigenvalue weighted by molar-refractivity contribution is 5.98. The van der Waals surface area contributed by atoms with Gasteiger partial charge in [0.2, 0.25) is 0 Å². The number of aromatic amines is 1. The van der Waals surface area contributed by atoms with Gasteiger partial charge in [0, 0.05) is 11.8 Å². The zero-order chi connectivity index (χ0) is 20.0. The molecule has 1 aromatic carbocycles. The van der Waals surface area contributed by atoms with Crippen LogP contribution in [-0.2, 0) is 26.2 Å². The maximum atomic E-state index is 11.7. The number of hydrogen-bond donors (Lipinski definition) is 6. The predicted molar refractivity (Wildman–Crippen MR) is 99.5 cm³/mol. The highest BCUT2D eigenvalue weighted by Gasteiger charge is 2.24. The zero-order valence-electron chi connectivity index (χ0n) is 14.6. The minimum Gasteiger partial charge on any atom is -0.477 e. The Balaban J connectivity index is 2.89.